The minimum Gasteiger partial charge on any atom is -0.354 e. The van der Waals surface area contributed by atoms with E-state index in [0.717, 1.165) is 18.8 Å². The van der Waals surface area contributed by atoms with Crippen LogP contribution in [0.4, 0.5) is 0 Å². The molecule has 19 heavy (non-hydrogen) atoms. The Bertz CT molecular complexity index is 376. The summed E-state index contributed by atoms with van der Waals surface area (Å²) in [5.74, 6) is 0.955. The van der Waals surface area contributed by atoms with E-state index >= 15 is 0 Å². The van der Waals surface area contributed by atoms with E-state index in [1.807, 2.05) is 13.8 Å². The van der Waals surface area contributed by atoms with Gasteiger partial charge in [0.15, 0.2) is 0 Å². The zero-order chi connectivity index (χ0) is 14.1. The number of carbonyl (C=O) groups is 1. The maximum atomic E-state index is 11.5. The SMILES string of the molecule is CCNCc1ccc(SCCC(=O)NC(C)C)cc1. The Morgan fingerprint density at radius 2 is 1.95 bits per heavy atom. The quantitative estimate of drug-likeness (QED) is 0.720. The molecule has 0 aliphatic rings. The Hall–Kier alpha value is -1.00. The molecule has 4 heteroatoms. The standard InChI is InChI=1S/C15H24N2OS/c1-4-16-11-13-5-7-14(8-6-13)19-10-9-15(18)17-12(2)3/h5-8,12,16H,4,9-11H2,1-3H3,(H,17,18). The van der Waals surface area contributed by atoms with Gasteiger partial charge in [0.2, 0.25) is 5.91 Å². The van der Waals surface area contributed by atoms with Crippen LogP contribution in [0.5, 0.6) is 0 Å². The Morgan fingerprint density at radius 1 is 1.26 bits per heavy atom. The molecule has 0 heterocycles. The van der Waals surface area contributed by atoms with Crippen molar-refractivity contribution in [1.82, 2.24) is 10.6 Å². The fourth-order valence-corrected chi connectivity index (χ4v) is 2.48. The normalized spacial score (nSPS) is 10.7. The van der Waals surface area contributed by atoms with Gasteiger partial charge in [-0.25, -0.2) is 0 Å². The zero-order valence-electron chi connectivity index (χ0n) is 12.0. The second kappa shape index (κ2) is 8.99. The van der Waals surface area contributed by atoms with Crippen LogP contribution in [-0.4, -0.2) is 24.2 Å². The van der Waals surface area contributed by atoms with Gasteiger partial charge in [0.25, 0.3) is 0 Å². The average Bonchev–Trinajstić information content (AvgIpc) is 2.37. The van der Waals surface area contributed by atoms with Crippen LogP contribution in [0.15, 0.2) is 29.2 Å². The van der Waals surface area contributed by atoms with Gasteiger partial charge in [-0.15, -0.1) is 11.8 Å². The van der Waals surface area contributed by atoms with E-state index in [1.165, 1.54) is 10.5 Å². The summed E-state index contributed by atoms with van der Waals surface area (Å²) in [6.07, 6.45) is 0.571. The molecule has 1 aromatic rings. The van der Waals surface area contributed by atoms with Gasteiger partial charge < -0.3 is 10.6 Å². The molecule has 0 saturated heterocycles. The first-order valence-electron chi connectivity index (χ1n) is 6.83. The predicted octanol–water partition coefficient (Wildman–Crippen LogP) is 2.80. The Labute approximate surface area is 120 Å². The van der Waals surface area contributed by atoms with E-state index in [4.69, 9.17) is 0 Å². The molecule has 106 valence electrons. The van der Waals surface area contributed by atoms with Crippen molar-refractivity contribution in [1.29, 1.82) is 0 Å². The van der Waals surface area contributed by atoms with E-state index in [1.54, 1.807) is 11.8 Å². The van der Waals surface area contributed by atoms with E-state index in [2.05, 4.69) is 41.8 Å². The van der Waals surface area contributed by atoms with Gasteiger partial charge in [0.05, 0.1) is 0 Å². The van der Waals surface area contributed by atoms with Gasteiger partial charge in [0, 0.05) is 29.7 Å². The summed E-state index contributed by atoms with van der Waals surface area (Å²) in [5.41, 5.74) is 1.30. The van der Waals surface area contributed by atoms with E-state index in [-0.39, 0.29) is 11.9 Å². The molecule has 1 rings (SSSR count). The lowest BCUT2D eigenvalue weighted by Crippen LogP contribution is -2.30. The second-order valence-electron chi connectivity index (χ2n) is 4.74. The van der Waals surface area contributed by atoms with Crippen LogP contribution < -0.4 is 10.6 Å². The summed E-state index contributed by atoms with van der Waals surface area (Å²) in [5, 5.41) is 6.20. The summed E-state index contributed by atoms with van der Waals surface area (Å²) in [7, 11) is 0. The van der Waals surface area contributed by atoms with Crippen molar-refractivity contribution in [2.45, 2.75) is 44.7 Å². The summed E-state index contributed by atoms with van der Waals surface area (Å²) in [4.78, 5) is 12.7. The van der Waals surface area contributed by atoms with Crippen LogP contribution in [0.3, 0.4) is 0 Å². The highest BCUT2D eigenvalue weighted by molar-refractivity contribution is 7.99. The van der Waals surface area contributed by atoms with Gasteiger partial charge in [-0.3, -0.25) is 4.79 Å². The lowest BCUT2D eigenvalue weighted by Gasteiger charge is -2.08. The molecule has 0 radical (unpaired) electrons. The fourth-order valence-electron chi connectivity index (χ4n) is 1.63. The van der Waals surface area contributed by atoms with Crippen molar-refractivity contribution in [3.05, 3.63) is 29.8 Å². The molecule has 0 aromatic heterocycles. The summed E-state index contributed by atoms with van der Waals surface area (Å²) in [6, 6.07) is 8.75. The first-order chi connectivity index (χ1) is 9.11. The molecule has 1 amide bonds. The predicted molar refractivity (Wildman–Crippen MR) is 82.4 cm³/mol. The number of amides is 1. The average molecular weight is 280 g/mol. The lowest BCUT2D eigenvalue weighted by molar-refractivity contribution is -0.121. The van der Waals surface area contributed by atoms with Crippen molar-refractivity contribution in [3.63, 3.8) is 0 Å². The van der Waals surface area contributed by atoms with Gasteiger partial charge in [-0.1, -0.05) is 19.1 Å². The van der Waals surface area contributed by atoms with Gasteiger partial charge in [-0.2, -0.15) is 0 Å². The first-order valence-corrected chi connectivity index (χ1v) is 7.82. The Morgan fingerprint density at radius 3 is 2.53 bits per heavy atom. The van der Waals surface area contributed by atoms with Crippen LogP contribution in [0, 0.1) is 0 Å². The van der Waals surface area contributed by atoms with Gasteiger partial charge in [0.1, 0.15) is 0 Å². The summed E-state index contributed by atoms with van der Waals surface area (Å²) in [6.45, 7) is 7.97. The molecule has 0 atom stereocenters. The van der Waals surface area contributed by atoms with E-state index in [0.29, 0.717) is 6.42 Å². The third-order valence-corrected chi connectivity index (χ3v) is 3.56. The molecule has 0 bridgehead atoms. The first kappa shape index (κ1) is 16.1. The molecule has 1 aromatic carbocycles. The van der Waals surface area contributed by atoms with Crippen LogP contribution in [0.1, 0.15) is 32.8 Å². The molecule has 0 fully saturated rings. The number of thioether (sulfide) groups is 1. The van der Waals surface area contributed by atoms with Crippen molar-refractivity contribution in [2.24, 2.45) is 0 Å². The molecule has 0 saturated carbocycles. The molecule has 2 N–H and O–H groups in total. The van der Waals surface area contributed by atoms with Crippen LogP contribution in [0.2, 0.25) is 0 Å². The Kier molecular flexibility index (Phi) is 7.60. The van der Waals surface area contributed by atoms with E-state index < -0.39 is 0 Å². The number of hydrogen-bond donors (Lipinski definition) is 2. The Balaban J connectivity index is 2.28. The summed E-state index contributed by atoms with van der Waals surface area (Å²) < 4.78 is 0. The third-order valence-electron chi connectivity index (χ3n) is 2.55. The smallest absolute Gasteiger partial charge is 0.221 e. The number of rotatable bonds is 8. The van der Waals surface area contributed by atoms with Crippen LogP contribution in [-0.2, 0) is 11.3 Å². The lowest BCUT2D eigenvalue weighted by atomic mass is 10.2. The van der Waals surface area contributed by atoms with Gasteiger partial charge in [-0.05, 0) is 38.1 Å². The molecule has 0 aliphatic carbocycles. The molecular formula is C15H24N2OS. The minimum absolute atomic E-state index is 0.131. The molecule has 0 aliphatic heterocycles. The molecule has 0 spiro atoms. The summed E-state index contributed by atoms with van der Waals surface area (Å²) >= 11 is 1.73. The largest absolute Gasteiger partial charge is 0.354 e. The van der Waals surface area contributed by atoms with Crippen molar-refractivity contribution < 1.29 is 4.79 Å². The minimum atomic E-state index is 0.131. The van der Waals surface area contributed by atoms with Gasteiger partial charge >= 0.3 is 0 Å². The number of nitrogens with one attached hydrogen (secondary N) is 2. The topological polar surface area (TPSA) is 41.1 Å². The van der Waals surface area contributed by atoms with Crippen molar-refractivity contribution >= 4 is 17.7 Å². The van der Waals surface area contributed by atoms with Crippen LogP contribution >= 0.6 is 11.8 Å². The van der Waals surface area contributed by atoms with Crippen LogP contribution in [0.25, 0.3) is 0 Å². The second-order valence-corrected chi connectivity index (χ2v) is 5.91. The highest BCUT2D eigenvalue weighted by Gasteiger charge is 2.03. The van der Waals surface area contributed by atoms with Crippen molar-refractivity contribution in [3.8, 4) is 0 Å². The fraction of sp³-hybridized carbons (Fsp3) is 0.533. The maximum Gasteiger partial charge on any atom is 0.221 e. The number of hydrogen-bond acceptors (Lipinski definition) is 3. The number of carbonyl (C=O) groups excluding carboxylic acids is 1. The molecule has 3 nitrogen and oxygen atoms in total. The zero-order valence-corrected chi connectivity index (χ0v) is 12.8. The van der Waals surface area contributed by atoms with Crippen molar-refractivity contribution in [2.75, 3.05) is 12.3 Å². The number of benzene rings is 1. The maximum absolute atomic E-state index is 11.5. The highest BCUT2D eigenvalue weighted by atomic mass is 32.2. The van der Waals surface area contributed by atoms with E-state index in [9.17, 15) is 4.79 Å². The molecular weight excluding hydrogens is 256 g/mol. The monoisotopic (exact) mass is 280 g/mol. The third kappa shape index (κ3) is 7.23. The molecule has 0 unspecified atom stereocenters. The highest BCUT2D eigenvalue weighted by Crippen LogP contribution is 2.19.